The molecule has 16 heavy (non-hydrogen) atoms. The van der Waals surface area contributed by atoms with Gasteiger partial charge in [0, 0.05) is 25.8 Å². The SMILES string of the molecule is NCCN(CCO)c1ncccc1OCN. The minimum absolute atomic E-state index is 0.0403. The molecule has 0 aliphatic rings. The molecule has 0 saturated carbocycles. The predicted molar refractivity (Wildman–Crippen MR) is 62.3 cm³/mol. The van der Waals surface area contributed by atoms with Crippen LogP contribution in [0.3, 0.4) is 0 Å². The van der Waals surface area contributed by atoms with E-state index < -0.39 is 0 Å². The Hall–Kier alpha value is -1.37. The molecule has 0 aliphatic carbocycles. The van der Waals surface area contributed by atoms with Gasteiger partial charge in [0.15, 0.2) is 11.6 Å². The van der Waals surface area contributed by atoms with Gasteiger partial charge in [0.25, 0.3) is 0 Å². The summed E-state index contributed by atoms with van der Waals surface area (Å²) in [4.78, 5) is 6.08. The molecule has 0 aliphatic heterocycles. The van der Waals surface area contributed by atoms with Crippen molar-refractivity contribution in [2.24, 2.45) is 11.5 Å². The number of hydrogen-bond acceptors (Lipinski definition) is 6. The maximum atomic E-state index is 8.97. The number of rotatable bonds is 7. The first-order valence-electron chi connectivity index (χ1n) is 5.17. The zero-order chi connectivity index (χ0) is 11.8. The number of aliphatic hydroxyl groups is 1. The van der Waals surface area contributed by atoms with E-state index in [9.17, 15) is 0 Å². The number of ether oxygens (including phenoxy) is 1. The van der Waals surface area contributed by atoms with Crippen LogP contribution in [-0.2, 0) is 0 Å². The van der Waals surface area contributed by atoms with Crippen molar-refractivity contribution in [2.75, 3.05) is 37.9 Å². The standard InChI is InChI=1S/C10H18N4O2/c11-3-5-14(6-7-15)10-9(16-8-12)2-1-4-13-10/h1-2,4,15H,3,5-8,11-12H2. The highest BCUT2D eigenvalue weighted by molar-refractivity contribution is 5.52. The number of aliphatic hydroxyl groups excluding tert-OH is 1. The highest BCUT2D eigenvalue weighted by Crippen LogP contribution is 2.24. The van der Waals surface area contributed by atoms with E-state index in [0.29, 0.717) is 31.2 Å². The second-order valence-electron chi connectivity index (χ2n) is 3.14. The van der Waals surface area contributed by atoms with Gasteiger partial charge in [-0.15, -0.1) is 0 Å². The van der Waals surface area contributed by atoms with Crippen molar-refractivity contribution in [3.05, 3.63) is 18.3 Å². The summed E-state index contributed by atoms with van der Waals surface area (Å²) in [6.07, 6.45) is 1.67. The number of aromatic nitrogens is 1. The second kappa shape index (κ2) is 7.00. The van der Waals surface area contributed by atoms with E-state index in [2.05, 4.69) is 4.98 Å². The lowest BCUT2D eigenvalue weighted by atomic mass is 10.3. The van der Waals surface area contributed by atoms with Gasteiger partial charge in [-0.1, -0.05) is 0 Å². The van der Waals surface area contributed by atoms with Crippen LogP contribution in [0.25, 0.3) is 0 Å². The molecular weight excluding hydrogens is 208 g/mol. The fourth-order valence-corrected chi connectivity index (χ4v) is 1.42. The third kappa shape index (κ3) is 3.34. The minimum Gasteiger partial charge on any atom is -0.475 e. The van der Waals surface area contributed by atoms with Crippen LogP contribution < -0.4 is 21.1 Å². The summed E-state index contributed by atoms with van der Waals surface area (Å²) in [6.45, 7) is 1.69. The Morgan fingerprint density at radius 2 is 2.19 bits per heavy atom. The van der Waals surface area contributed by atoms with Crippen molar-refractivity contribution in [2.45, 2.75) is 0 Å². The number of hydrogen-bond donors (Lipinski definition) is 3. The molecule has 1 heterocycles. The van der Waals surface area contributed by atoms with Crippen LogP contribution in [0.4, 0.5) is 5.82 Å². The Balaban J connectivity index is 2.87. The lowest BCUT2D eigenvalue weighted by Crippen LogP contribution is -2.33. The third-order valence-electron chi connectivity index (χ3n) is 2.06. The Bertz CT molecular complexity index is 303. The van der Waals surface area contributed by atoms with E-state index >= 15 is 0 Å². The van der Waals surface area contributed by atoms with Crippen molar-refractivity contribution < 1.29 is 9.84 Å². The number of anilines is 1. The zero-order valence-electron chi connectivity index (χ0n) is 9.17. The Morgan fingerprint density at radius 1 is 1.38 bits per heavy atom. The van der Waals surface area contributed by atoms with Crippen molar-refractivity contribution >= 4 is 5.82 Å². The molecule has 1 aromatic heterocycles. The second-order valence-corrected chi connectivity index (χ2v) is 3.14. The summed E-state index contributed by atoms with van der Waals surface area (Å²) >= 11 is 0. The number of pyridine rings is 1. The molecule has 0 aromatic carbocycles. The molecular formula is C10H18N4O2. The van der Waals surface area contributed by atoms with Gasteiger partial charge in [0.05, 0.1) is 6.61 Å². The molecule has 0 unspecified atom stereocenters. The summed E-state index contributed by atoms with van der Waals surface area (Å²) in [6, 6.07) is 3.56. The summed E-state index contributed by atoms with van der Waals surface area (Å²) in [5.41, 5.74) is 10.8. The molecule has 6 nitrogen and oxygen atoms in total. The average Bonchev–Trinajstić information content (AvgIpc) is 2.30. The Labute approximate surface area is 94.8 Å². The topological polar surface area (TPSA) is 97.6 Å². The maximum absolute atomic E-state index is 8.97. The maximum Gasteiger partial charge on any atom is 0.171 e. The van der Waals surface area contributed by atoms with Crippen LogP contribution in [0.1, 0.15) is 0 Å². The Morgan fingerprint density at radius 3 is 2.81 bits per heavy atom. The smallest absolute Gasteiger partial charge is 0.171 e. The van der Waals surface area contributed by atoms with Crippen molar-refractivity contribution in [3.63, 3.8) is 0 Å². The minimum atomic E-state index is 0.0403. The van der Waals surface area contributed by atoms with E-state index in [1.54, 1.807) is 18.3 Å². The molecule has 0 amide bonds. The lowest BCUT2D eigenvalue weighted by Gasteiger charge is -2.23. The van der Waals surface area contributed by atoms with Crippen LogP contribution in [0, 0.1) is 0 Å². The quantitative estimate of drug-likeness (QED) is 0.523. The predicted octanol–water partition coefficient (Wildman–Crippen LogP) is -0.866. The van der Waals surface area contributed by atoms with E-state index in [1.165, 1.54) is 0 Å². The van der Waals surface area contributed by atoms with Gasteiger partial charge < -0.3 is 20.5 Å². The molecule has 5 N–H and O–H groups in total. The first-order chi connectivity index (χ1) is 7.83. The molecule has 90 valence electrons. The molecule has 0 radical (unpaired) electrons. The fraction of sp³-hybridized carbons (Fsp3) is 0.500. The lowest BCUT2D eigenvalue weighted by molar-refractivity contribution is 0.299. The van der Waals surface area contributed by atoms with E-state index in [-0.39, 0.29) is 13.3 Å². The third-order valence-corrected chi connectivity index (χ3v) is 2.06. The molecule has 6 heteroatoms. The number of nitrogens with two attached hydrogens (primary N) is 2. The molecule has 0 atom stereocenters. The fourth-order valence-electron chi connectivity index (χ4n) is 1.42. The molecule has 0 spiro atoms. The molecule has 0 bridgehead atoms. The van der Waals surface area contributed by atoms with Crippen molar-refractivity contribution in [1.82, 2.24) is 4.98 Å². The van der Waals surface area contributed by atoms with E-state index in [0.717, 1.165) is 0 Å². The van der Waals surface area contributed by atoms with Gasteiger partial charge in [0.1, 0.15) is 6.73 Å². The van der Waals surface area contributed by atoms with Gasteiger partial charge in [-0.25, -0.2) is 4.98 Å². The first-order valence-corrected chi connectivity index (χ1v) is 5.17. The van der Waals surface area contributed by atoms with Crippen LogP contribution in [0.2, 0.25) is 0 Å². The Kier molecular flexibility index (Phi) is 5.55. The summed E-state index contributed by atoms with van der Waals surface area (Å²) in [5, 5.41) is 8.97. The van der Waals surface area contributed by atoms with Crippen LogP contribution in [0.15, 0.2) is 18.3 Å². The monoisotopic (exact) mass is 226 g/mol. The molecule has 0 saturated heterocycles. The summed E-state index contributed by atoms with van der Waals surface area (Å²) < 4.78 is 5.26. The normalized spacial score (nSPS) is 10.2. The summed E-state index contributed by atoms with van der Waals surface area (Å²) in [5.74, 6) is 1.26. The van der Waals surface area contributed by atoms with Gasteiger partial charge in [-0.3, -0.25) is 5.73 Å². The van der Waals surface area contributed by atoms with Gasteiger partial charge in [0.2, 0.25) is 0 Å². The van der Waals surface area contributed by atoms with Gasteiger partial charge >= 0.3 is 0 Å². The van der Waals surface area contributed by atoms with Crippen LogP contribution in [-0.4, -0.2) is 43.1 Å². The zero-order valence-corrected chi connectivity index (χ0v) is 9.17. The molecule has 0 fully saturated rings. The van der Waals surface area contributed by atoms with E-state index in [1.807, 2.05) is 4.90 Å². The van der Waals surface area contributed by atoms with Gasteiger partial charge in [-0.05, 0) is 12.1 Å². The molecule has 1 aromatic rings. The molecule has 1 rings (SSSR count). The number of nitrogens with zero attached hydrogens (tertiary/aromatic N) is 2. The summed E-state index contributed by atoms with van der Waals surface area (Å²) in [7, 11) is 0. The largest absolute Gasteiger partial charge is 0.475 e. The van der Waals surface area contributed by atoms with Gasteiger partial charge in [-0.2, -0.15) is 0 Å². The average molecular weight is 226 g/mol. The first kappa shape index (κ1) is 12.7. The van der Waals surface area contributed by atoms with Crippen LogP contribution in [0.5, 0.6) is 5.75 Å². The van der Waals surface area contributed by atoms with Crippen LogP contribution >= 0.6 is 0 Å². The van der Waals surface area contributed by atoms with Crippen molar-refractivity contribution in [1.29, 1.82) is 0 Å². The highest BCUT2D eigenvalue weighted by Gasteiger charge is 2.12. The van der Waals surface area contributed by atoms with E-state index in [4.69, 9.17) is 21.3 Å². The van der Waals surface area contributed by atoms with Crippen molar-refractivity contribution in [3.8, 4) is 5.75 Å². The highest BCUT2D eigenvalue weighted by atomic mass is 16.5.